The number of nitrogens with zero attached hydrogens (tertiary/aromatic N) is 2. The van der Waals surface area contributed by atoms with Crippen molar-refractivity contribution in [3.05, 3.63) is 69.5 Å². The highest BCUT2D eigenvalue weighted by molar-refractivity contribution is 6.00. The quantitative estimate of drug-likeness (QED) is 0.374. The van der Waals surface area contributed by atoms with Crippen LogP contribution < -0.4 is 15.5 Å². The average molecular weight is 430 g/mol. The van der Waals surface area contributed by atoms with Gasteiger partial charge in [0, 0.05) is 38.3 Å². The summed E-state index contributed by atoms with van der Waals surface area (Å²) in [5.41, 5.74) is 1.17. The van der Waals surface area contributed by atoms with E-state index in [9.17, 15) is 24.1 Å². The molecule has 9 nitrogen and oxygen atoms in total. The van der Waals surface area contributed by atoms with Gasteiger partial charge in [-0.2, -0.15) is 0 Å². The number of hydrogen-bond donors (Lipinski definition) is 2. The predicted octanol–water partition coefficient (Wildman–Crippen LogP) is 1.66. The van der Waals surface area contributed by atoms with Gasteiger partial charge in [0.2, 0.25) is 5.91 Å². The largest absolute Gasteiger partial charge is 0.378 e. The van der Waals surface area contributed by atoms with Crippen molar-refractivity contribution in [2.45, 2.75) is 6.42 Å². The van der Waals surface area contributed by atoms with Crippen LogP contribution in [0.3, 0.4) is 0 Å². The van der Waals surface area contributed by atoms with Crippen molar-refractivity contribution in [3.8, 4) is 0 Å². The molecule has 0 bridgehead atoms. The van der Waals surface area contributed by atoms with E-state index in [4.69, 9.17) is 4.74 Å². The SMILES string of the molecule is O=C(Cc1cccc(F)c1)NCCNC(=O)c1cc([N+](=O)[O-])ccc1N1CCOCC1. The number of carbonyl (C=O) groups excluding carboxylic acids is 2. The second kappa shape index (κ2) is 10.5. The topological polar surface area (TPSA) is 114 Å². The van der Waals surface area contributed by atoms with E-state index in [2.05, 4.69) is 10.6 Å². The number of benzene rings is 2. The third-order valence-electron chi connectivity index (χ3n) is 4.77. The lowest BCUT2D eigenvalue weighted by molar-refractivity contribution is -0.384. The summed E-state index contributed by atoms with van der Waals surface area (Å²) < 4.78 is 18.5. The van der Waals surface area contributed by atoms with Crippen molar-refractivity contribution >= 4 is 23.2 Å². The highest BCUT2D eigenvalue weighted by Gasteiger charge is 2.22. The molecular weight excluding hydrogens is 407 g/mol. The summed E-state index contributed by atoms with van der Waals surface area (Å²) >= 11 is 0. The number of ether oxygens (including phenoxy) is 1. The molecule has 1 aliphatic rings. The van der Waals surface area contributed by atoms with E-state index in [-0.39, 0.29) is 36.7 Å². The summed E-state index contributed by atoms with van der Waals surface area (Å²) in [4.78, 5) is 37.2. The van der Waals surface area contributed by atoms with Crippen molar-refractivity contribution in [1.82, 2.24) is 10.6 Å². The van der Waals surface area contributed by atoms with Crippen LogP contribution in [-0.4, -0.2) is 56.1 Å². The number of nitro benzene ring substituents is 1. The molecule has 1 fully saturated rings. The van der Waals surface area contributed by atoms with Crippen LogP contribution in [-0.2, 0) is 16.0 Å². The molecule has 2 aromatic carbocycles. The molecule has 0 unspecified atom stereocenters. The molecule has 0 atom stereocenters. The molecule has 2 amide bonds. The van der Waals surface area contributed by atoms with Crippen LogP contribution in [0.2, 0.25) is 0 Å². The smallest absolute Gasteiger partial charge is 0.270 e. The summed E-state index contributed by atoms with van der Waals surface area (Å²) in [5, 5.41) is 16.5. The summed E-state index contributed by atoms with van der Waals surface area (Å²) in [6.07, 6.45) is 0.0256. The summed E-state index contributed by atoms with van der Waals surface area (Å²) in [7, 11) is 0. The molecule has 0 aliphatic carbocycles. The molecule has 0 radical (unpaired) electrons. The van der Waals surface area contributed by atoms with E-state index in [1.54, 1.807) is 12.1 Å². The highest BCUT2D eigenvalue weighted by atomic mass is 19.1. The third kappa shape index (κ3) is 6.22. The molecule has 0 aromatic heterocycles. The van der Waals surface area contributed by atoms with E-state index >= 15 is 0 Å². The second-order valence-electron chi connectivity index (χ2n) is 6.97. The molecule has 0 saturated carbocycles. The Morgan fingerprint density at radius 1 is 1.10 bits per heavy atom. The zero-order valence-electron chi connectivity index (χ0n) is 16.8. The van der Waals surface area contributed by atoms with Gasteiger partial charge < -0.3 is 20.3 Å². The van der Waals surface area contributed by atoms with Crippen LogP contribution in [0.25, 0.3) is 0 Å². The highest BCUT2D eigenvalue weighted by Crippen LogP contribution is 2.26. The lowest BCUT2D eigenvalue weighted by atomic mass is 10.1. The van der Waals surface area contributed by atoms with Gasteiger partial charge in [0.15, 0.2) is 0 Å². The minimum atomic E-state index is -0.549. The van der Waals surface area contributed by atoms with Crippen molar-refractivity contribution < 1.29 is 23.6 Å². The maximum Gasteiger partial charge on any atom is 0.270 e. The average Bonchev–Trinajstić information content (AvgIpc) is 2.76. The maximum atomic E-state index is 13.2. The van der Waals surface area contributed by atoms with Gasteiger partial charge >= 0.3 is 0 Å². The van der Waals surface area contributed by atoms with Crippen LogP contribution in [0.5, 0.6) is 0 Å². The number of rotatable bonds is 8. The van der Waals surface area contributed by atoms with Crippen LogP contribution in [0.1, 0.15) is 15.9 Å². The monoisotopic (exact) mass is 430 g/mol. The van der Waals surface area contributed by atoms with Crippen molar-refractivity contribution in [1.29, 1.82) is 0 Å². The Kier molecular flexibility index (Phi) is 7.50. The van der Waals surface area contributed by atoms with Gasteiger partial charge in [0.05, 0.1) is 35.8 Å². The Morgan fingerprint density at radius 2 is 1.84 bits per heavy atom. The first-order valence-electron chi connectivity index (χ1n) is 9.84. The lowest BCUT2D eigenvalue weighted by Gasteiger charge is -2.30. The maximum absolute atomic E-state index is 13.2. The number of hydrogen-bond acceptors (Lipinski definition) is 6. The summed E-state index contributed by atoms with van der Waals surface area (Å²) in [6.45, 7) is 2.48. The Hall–Kier alpha value is -3.53. The number of amides is 2. The van der Waals surface area contributed by atoms with E-state index in [0.29, 0.717) is 37.6 Å². The fourth-order valence-electron chi connectivity index (χ4n) is 3.27. The van der Waals surface area contributed by atoms with Gasteiger partial charge in [-0.05, 0) is 23.8 Å². The molecular formula is C21H23FN4O5. The standard InChI is InChI=1S/C21H23FN4O5/c22-16-3-1-2-15(12-16)13-20(27)23-6-7-24-21(28)18-14-17(26(29)30)4-5-19(18)25-8-10-31-11-9-25/h1-5,12,14H,6-11,13H2,(H,23,27)(H,24,28). The number of anilines is 1. The molecule has 1 aliphatic heterocycles. The van der Waals surface area contributed by atoms with E-state index in [1.165, 1.54) is 30.3 Å². The first kappa shape index (κ1) is 22.2. The molecule has 1 heterocycles. The molecule has 0 spiro atoms. The number of non-ortho nitro benzene ring substituents is 1. The van der Waals surface area contributed by atoms with Gasteiger partial charge in [-0.15, -0.1) is 0 Å². The van der Waals surface area contributed by atoms with Crippen molar-refractivity contribution in [2.24, 2.45) is 0 Å². The van der Waals surface area contributed by atoms with Crippen molar-refractivity contribution in [3.63, 3.8) is 0 Å². The zero-order valence-corrected chi connectivity index (χ0v) is 16.8. The second-order valence-corrected chi connectivity index (χ2v) is 6.97. The molecule has 1 saturated heterocycles. The summed E-state index contributed by atoms with van der Waals surface area (Å²) in [5.74, 6) is -1.18. The van der Waals surface area contributed by atoms with Gasteiger partial charge in [-0.3, -0.25) is 19.7 Å². The molecule has 164 valence electrons. The van der Waals surface area contributed by atoms with Crippen LogP contribution >= 0.6 is 0 Å². The number of morpholine rings is 1. The summed E-state index contributed by atoms with van der Waals surface area (Å²) in [6, 6.07) is 9.96. The van der Waals surface area contributed by atoms with Gasteiger partial charge in [-0.1, -0.05) is 12.1 Å². The van der Waals surface area contributed by atoms with Crippen LogP contribution in [0, 0.1) is 15.9 Å². The van der Waals surface area contributed by atoms with E-state index in [0.717, 1.165) is 0 Å². The lowest BCUT2D eigenvalue weighted by Crippen LogP contribution is -2.39. The van der Waals surface area contributed by atoms with Gasteiger partial charge in [0.1, 0.15) is 5.82 Å². The third-order valence-corrected chi connectivity index (χ3v) is 4.77. The van der Waals surface area contributed by atoms with E-state index in [1.807, 2.05) is 4.90 Å². The fraction of sp³-hybridized carbons (Fsp3) is 0.333. The Morgan fingerprint density at radius 3 is 2.55 bits per heavy atom. The Labute approximate surface area is 178 Å². The Balaban J connectivity index is 1.57. The minimum absolute atomic E-state index is 0.0256. The van der Waals surface area contributed by atoms with E-state index < -0.39 is 16.6 Å². The zero-order chi connectivity index (χ0) is 22.2. The molecule has 3 rings (SSSR count). The Bertz CT molecular complexity index is 963. The molecule has 2 aromatic rings. The number of nitro groups is 1. The molecule has 10 heteroatoms. The number of halogens is 1. The molecule has 31 heavy (non-hydrogen) atoms. The normalized spacial score (nSPS) is 13.5. The minimum Gasteiger partial charge on any atom is -0.378 e. The number of nitrogens with one attached hydrogen (secondary N) is 2. The fourth-order valence-corrected chi connectivity index (χ4v) is 3.27. The first-order valence-corrected chi connectivity index (χ1v) is 9.84. The number of carbonyl (C=O) groups is 2. The van der Waals surface area contributed by atoms with Crippen molar-refractivity contribution in [2.75, 3.05) is 44.3 Å². The first-order chi connectivity index (χ1) is 14.9. The van der Waals surface area contributed by atoms with Crippen LogP contribution in [0.4, 0.5) is 15.8 Å². The van der Waals surface area contributed by atoms with Gasteiger partial charge in [-0.25, -0.2) is 4.39 Å². The van der Waals surface area contributed by atoms with Gasteiger partial charge in [0.25, 0.3) is 11.6 Å². The predicted molar refractivity (Wildman–Crippen MR) is 112 cm³/mol. The molecule has 2 N–H and O–H groups in total. The van der Waals surface area contributed by atoms with Crippen LogP contribution in [0.15, 0.2) is 42.5 Å².